The van der Waals surface area contributed by atoms with Crippen molar-refractivity contribution in [1.29, 1.82) is 0 Å². The fraction of sp³-hybridized carbons (Fsp3) is 0.476. The van der Waals surface area contributed by atoms with Crippen LogP contribution in [-0.2, 0) is 32.6 Å². The van der Waals surface area contributed by atoms with Crippen LogP contribution in [0.1, 0.15) is 30.8 Å². The largest absolute Gasteiger partial charge is 0.340 e. The number of hydrogen-bond acceptors (Lipinski definition) is 5. The van der Waals surface area contributed by atoms with Crippen LogP contribution in [0.25, 0.3) is 0 Å². The molecular formula is C21H29N5O4S. The molecule has 2 aromatic rings. The zero-order chi connectivity index (χ0) is 22.8. The summed E-state index contributed by atoms with van der Waals surface area (Å²) in [5.41, 5.74) is 2.66. The van der Waals surface area contributed by atoms with Gasteiger partial charge in [0.1, 0.15) is 4.90 Å². The number of rotatable bonds is 6. The summed E-state index contributed by atoms with van der Waals surface area (Å²) in [4.78, 5) is 25.8. The van der Waals surface area contributed by atoms with Crippen LogP contribution in [-0.4, -0.2) is 65.4 Å². The normalized spacial score (nSPS) is 15.2. The summed E-state index contributed by atoms with van der Waals surface area (Å²) in [6.07, 6.45) is 0.231. The second-order valence-corrected chi connectivity index (χ2v) is 9.53. The Morgan fingerprint density at radius 1 is 1.06 bits per heavy atom. The highest BCUT2D eigenvalue weighted by atomic mass is 32.2. The zero-order valence-electron chi connectivity index (χ0n) is 18.4. The molecule has 168 valence electrons. The number of piperazine rings is 1. The average Bonchev–Trinajstić information content (AvgIpc) is 3.03. The Morgan fingerprint density at radius 3 is 2.19 bits per heavy atom. The quantitative estimate of drug-likeness (QED) is 0.724. The van der Waals surface area contributed by atoms with Gasteiger partial charge < -0.3 is 10.2 Å². The molecule has 9 nitrogen and oxygen atoms in total. The molecule has 0 spiro atoms. The number of amides is 2. The van der Waals surface area contributed by atoms with Gasteiger partial charge in [-0.25, -0.2) is 8.42 Å². The molecule has 0 aliphatic carbocycles. The van der Waals surface area contributed by atoms with Gasteiger partial charge in [0.25, 0.3) is 0 Å². The van der Waals surface area contributed by atoms with Crippen LogP contribution in [0.4, 0.5) is 5.69 Å². The van der Waals surface area contributed by atoms with E-state index in [9.17, 15) is 18.0 Å². The molecule has 0 bridgehead atoms. The van der Waals surface area contributed by atoms with E-state index in [1.165, 1.54) is 11.2 Å². The zero-order valence-corrected chi connectivity index (χ0v) is 19.2. The van der Waals surface area contributed by atoms with Gasteiger partial charge in [0.15, 0.2) is 0 Å². The SMILES string of the molecule is CCn1nc(C)c(S(=O)(=O)N2CCN(C(=O)Cc3ccc(NC(C)=O)cc3)CC2)c1C. The number of nitrogens with one attached hydrogen (secondary N) is 1. The first kappa shape index (κ1) is 23.0. The Hall–Kier alpha value is -2.72. The van der Waals surface area contributed by atoms with Crippen LogP contribution in [0.15, 0.2) is 29.2 Å². The highest BCUT2D eigenvalue weighted by Gasteiger charge is 2.34. The third-order valence-corrected chi connectivity index (χ3v) is 7.59. The fourth-order valence-electron chi connectivity index (χ4n) is 3.86. The topological polar surface area (TPSA) is 105 Å². The average molecular weight is 448 g/mol. The highest BCUT2D eigenvalue weighted by Crippen LogP contribution is 2.24. The molecule has 2 heterocycles. The number of aromatic nitrogens is 2. The Morgan fingerprint density at radius 2 is 1.68 bits per heavy atom. The molecular weight excluding hydrogens is 418 g/mol. The lowest BCUT2D eigenvalue weighted by Gasteiger charge is -2.34. The lowest BCUT2D eigenvalue weighted by atomic mass is 10.1. The van der Waals surface area contributed by atoms with E-state index in [1.807, 2.05) is 6.92 Å². The Kier molecular flexibility index (Phi) is 6.80. The van der Waals surface area contributed by atoms with Gasteiger partial charge in [-0.15, -0.1) is 0 Å². The van der Waals surface area contributed by atoms with Crippen LogP contribution in [0, 0.1) is 13.8 Å². The van der Waals surface area contributed by atoms with Crippen LogP contribution >= 0.6 is 0 Å². The number of anilines is 1. The van der Waals surface area contributed by atoms with Crippen LogP contribution < -0.4 is 5.32 Å². The van der Waals surface area contributed by atoms with Crippen LogP contribution in [0.5, 0.6) is 0 Å². The molecule has 1 aliphatic heterocycles. The van der Waals surface area contributed by atoms with Crippen molar-refractivity contribution in [2.45, 2.75) is 45.6 Å². The molecule has 1 saturated heterocycles. The van der Waals surface area contributed by atoms with Crippen molar-refractivity contribution in [2.75, 3.05) is 31.5 Å². The maximum Gasteiger partial charge on any atom is 0.246 e. The van der Waals surface area contributed by atoms with Crippen molar-refractivity contribution in [3.8, 4) is 0 Å². The van der Waals surface area contributed by atoms with Gasteiger partial charge in [0.2, 0.25) is 21.8 Å². The minimum Gasteiger partial charge on any atom is -0.340 e. The van der Waals surface area contributed by atoms with Crippen molar-refractivity contribution in [3.05, 3.63) is 41.2 Å². The first-order valence-corrected chi connectivity index (χ1v) is 11.8. The molecule has 0 saturated carbocycles. The summed E-state index contributed by atoms with van der Waals surface area (Å²) in [7, 11) is -3.66. The van der Waals surface area contributed by atoms with Crippen LogP contribution in [0.3, 0.4) is 0 Å². The first-order chi connectivity index (χ1) is 14.6. The number of nitrogens with zero attached hydrogens (tertiary/aromatic N) is 4. The van der Waals surface area contributed by atoms with Crippen molar-refractivity contribution >= 4 is 27.5 Å². The van der Waals surface area contributed by atoms with Crippen molar-refractivity contribution in [1.82, 2.24) is 19.0 Å². The van der Waals surface area contributed by atoms with Gasteiger partial charge in [-0.2, -0.15) is 9.40 Å². The van der Waals surface area contributed by atoms with E-state index < -0.39 is 10.0 Å². The van der Waals surface area contributed by atoms with Gasteiger partial charge in [-0.05, 0) is 38.5 Å². The molecule has 0 unspecified atom stereocenters. The predicted octanol–water partition coefficient (Wildman–Crippen LogP) is 1.55. The first-order valence-electron chi connectivity index (χ1n) is 10.3. The number of sulfonamides is 1. The van der Waals surface area contributed by atoms with E-state index in [-0.39, 0.29) is 36.2 Å². The molecule has 1 aromatic heterocycles. The van der Waals surface area contributed by atoms with E-state index in [0.717, 1.165) is 5.56 Å². The summed E-state index contributed by atoms with van der Waals surface area (Å²) in [5.74, 6) is -0.195. The van der Waals surface area contributed by atoms with Gasteiger partial charge in [0, 0.05) is 45.3 Å². The number of aryl methyl sites for hydroxylation is 2. The minimum absolute atomic E-state index is 0.0458. The molecule has 0 atom stereocenters. The molecule has 10 heteroatoms. The summed E-state index contributed by atoms with van der Waals surface area (Å²) in [5, 5.41) is 7.02. The third-order valence-electron chi connectivity index (χ3n) is 5.43. The molecule has 2 amide bonds. The third kappa shape index (κ3) is 4.96. The van der Waals surface area contributed by atoms with Gasteiger partial charge in [-0.3, -0.25) is 14.3 Å². The van der Waals surface area contributed by atoms with Crippen molar-refractivity contribution in [2.24, 2.45) is 0 Å². The Labute approximate surface area is 183 Å². The second-order valence-electron chi connectivity index (χ2n) is 7.66. The summed E-state index contributed by atoms with van der Waals surface area (Å²) >= 11 is 0. The lowest BCUT2D eigenvalue weighted by Crippen LogP contribution is -2.51. The Balaban J connectivity index is 1.62. The molecule has 3 rings (SSSR count). The molecule has 1 aromatic carbocycles. The lowest BCUT2D eigenvalue weighted by molar-refractivity contribution is -0.131. The van der Waals surface area contributed by atoms with Crippen LogP contribution in [0.2, 0.25) is 0 Å². The monoisotopic (exact) mass is 447 g/mol. The fourth-order valence-corrected chi connectivity index (χ4v) is 5.66. The Bertz CT molecular complexity index is 1070. The molecule has 1 N–H and O–H groups in total. The van der Waals surface area contributed by atoms with E-state index in [2.05, 4.69) is 10.4 Å². The predicted molar refractivity (Wildman–Crippen MR) is 117 cm³/mol. The number of hydrogen-bond donors (Lipinski definition) is 1. The van der Waals surface area contributed by atoms with Crippen molar-refractivity contribution < 1.29 is 18.0 Å². The summed E-state index contributed by atoms with van der Waals surface area (Å²) < 4.78 is 29.5. The second kappa shape index (κ2) is 9.19. The summed E-state index contributed by atoms with van der Waals surface area (Å²) in [6.45, 7) is 8.66. The van der Waals surface area contributed by atoms with E-state index >= 15 is 0 Å². The smallest absolute Gasteiger partial charge is 0.246 e. The number of benzene rings is 1. The van der Waals surface area contributed by atoms with E-state index in [4.69, 9.17) is 0 Å². The molecule has 1 aliphatic rings. The number of carbonyl (C=O) groups excluding carboxylic acids is 2. The minimum atomic E-state index is -3.66. The van der Waals surface area contributed by atoms with Gasteiger partial charge in [-0.1, -0.05) is 12.1 Å². The van der Waals surface area contributed by atoms with Gasteiger partial charge in [0.05, 0.1) is 17.8 Å². The number of carbonyl (C=O) groups is 2. The highest BCUT2D eigenvalue weighted by molar-refractivity contribution is 7.89. The molecule has 0 radical (unpaired) electrons. The molecule has 31 heavy (non-hydrogen) atoms. The summed E-state index contributed by atoms with van der Waals surface area (Å²) in [6, 6.07) is 7.13. The van der Waals surface area contributed by atoms with Gasteiger partial charge >= 0.3 is 0 Å². The molecule has 1 fully saturated rings. The standard InChI is InChI=1S/C21H29N5O4S/c1-5-26-16(3)21(15(2)23-26)31(29,30)25-12-10-24(11-13-25)20(28)14-18-6-8-19(9-7-18)22-17(4)27/h6-9H,5,10-14H2,1-4H3,(H,22,27). The maximum absolute atomic E-state index is 13.2. The van der Waals surface area contributed by atoms with Crippen molar-refractivity contribution in [3.63, 3.8) is 0 Å². The van der Waals surface area contributed by atoms with E-state index in [1.54, 1.807) is 47.7 Å². The van der Waals surface area contributed by atoms with E-state index in [0.29, 0.717) is 36.7 Å². The maximum atomic E-state index is 13.2.